The second-order valence-electron chi connectivity index (χ2n) is 15.8. The van der Waals surface area contributed by atoms with Crippen LogP contribution < -0.4 is 0 Å². The first-order valence-electron chi connectivity index (χ1n) is 19.6. The summed E-state index contributed by atoms with van der Waals surface area (Å²) in [5.41, 5.74) is 0.852. The van der Waals surface area contributed by atoms with Crippen LogP contribution in [0.4, 0.5) is 0 Å². The standard InChI is InChI=1S/C42H69N3O8S/c1-12-28(4)39(44(8)41(49)31(20-22-54-11)24-35(47)38(27(2)3)43(6)7)36(52-9)26-37(48)45-21-16-19-33(45)40(53-10)29(5)34(46)25-32(42(50)51)23-30-17-14-13-15-18-30/h13-15,17-18,27-29,31-33,36,38-40H,12,16,19-26H2,1-11H3,(H,50,51)/t28-,29-,31+,32+,33-,36+,38-,39-,40+/m0/s1. The highest BCUT2D eigenvalue weighted by Crippen LogP contribution is 2.31. The molecule has 0 unspecified atom stereocenters. The molecule has 1 saturated heterocycles. The number of Topliss-reactive ketones (excluding diaryl/α,β-unsaturated/α-hetero) is 2. The van der Waals surface area contributed by atoms with Crippen molar-refractivity contribution in [3.63, 3.8) is 0 Å². The lowest BCUT2D eigenvalue weighted by atomic mass is 9.85. The number of amides is 2. The molecule has 0 radical (unpaired) electrons. The number of ether oxygens (including phenoxy) is 2. The predicted molar refractivity (Wildman–Crippen MR) is 215 cm³/mol. The van der Waals surface area contributed by atoms with Gasteiger partial charge in [-0.05, 0) is 69.2 Å². The van der Waals surface area contributed by atoms with E-state index < -0.39 is 42.0 Å². The Morgan fingerprint density at radius 3 is 2.07 bits per heavy atom. The van der Waals surface area contributed by atoms with E-state index in [2.05, 4.69) is 13.8 Å². The van der Waals surface area contributed by atoms with Crippen molar-refractivity contribution < 1.29 is 38.6 Å². The number of aliphatic carboxylic acids is 1. The van der Waals surface area contributed by atoms with Gasteiger partial charge in [0.05, 0.1) is 42.7 Å². The number of nitrogens with zero attached hydrogens (tertiary/aromatic N) is 3. The molecule has 11 nitrogen and oxygen atoms in total. The number of likely N-dealkylation sites (N-methyl/N-ethyl adjacent to an activating group) is 2. The lowest BCUT2D eigenvalue weighted by Gasteiger charge is -2.40. The third-order valence-corrected chi connectivity index (χ3v) is 12.1. The molecular weight excluding hydrogens is 707 g/mol. The van der Waals surface area contributed by atoms with Gasteiger partial charge in [-0.25, -0.2) is 0 Å². The van der Waals surface area contributed by atoms with Gasteiger partial charge in [-0.2, -0.15) is 11.8 Å². The van der Waals surface area contributed by atoms with E-state index in [1.54, 1.807) is 42.6 Å². The van der Waals surface area contributed by atoms with Gasteiger partial charge < -0.3 is 24.4 Å². The zero-order valence-electron chi connectivity index (χ0n) is 34.8. The van der Waals surface area contributed by atoms with Crippen LogP contribution in [0, 0.1) is 29.6 Å². The first kappa shape index (κ1) is 47.4. The fraction of sp³-hybridized carbons (Fsp3) is 0.738. The van der Waals surface area contributed by atoms with Crippen LogP contribution in [0.5, 0.6) is 0 Å². The number of carboxylic acid groups (broad SMARTS) is 1. The number of benzene rings is 1. The molecule has 1 aromatic rings. The number of carboxylic acids is 1. The molecular formula is C42H69N3O8S. The molecule has 0 saturated carbocycles. The van der Waals surface area contributed by atoms with Crippen molar-refractivity contribution in [2.75, 3.05) is 53.9 Å². The first-order chi connectivity index (χ1) is 25.5. The van der Waals surface area contributed by atoms with Crippen LogP contribution in [-0.2, 0) is 39.9 Å². The zero-order chi connectivity index (χ0) is 40.7. The van der Waals surface area contributed by atoms with Gasteiger partial charge in [0, 0.05) is 52.5 Å². The number of rotatable bonds is 25. The summed E-state index contributed by atoms with van der Waals surface area (Å²) >= 11 is 1.65. The predicted octanol–water partition coefficient (Wildman–Crippen LogP) is 5.72. The first-order valence-corrected chi connectivity index (χ1v) is 21.0. The van der Waals surface area contributed by atoms with Gasteiger partial charge in [-0.15, -0.1) is 0 Å². The number of hydrogen-bond acceptors (Lipinski definition) is 9. The molecule has 54 heavy (non-hydrogen) atoms. The second kappa shape index (κ2) is 23.3. The minimum absolute atomic E-state index is 0.00408. The summed E-state index contributed by atoms with van der Waals surface area (Å²) in [7, 11) is 8.66. The number of ketones is 2. The minimum Gasteiger partial charge on any atom is -0.481 e. The van der Waals surface area contributed by atoms with Crippen molar-refractivity contribution in [3.8, 4) is 0 Å². The normalized spacial score (nSPS) is 19.1. The summed E-state index contributed by atoms with van der Waals surface area (Å²) in [4.78, 5) is 73.3. The zero-order valence-corrected chi connectivity index (χ0v) is 35.6. The third kappa shape index (κ3) is 13.2. The Bertz CT molecular complexity index is 1340. The largest absolute Gasteiger partial charge is 0.481 e. The van der Waals surface area contributed by atoms with E-state index in [4.69, 9.17) is 9.47 Å². The Labute approximate surface area is 329 Å². The Morgan fingerprint density at radius 2 is 1.56 bits per heavy atom. The lowest BCUT2D eigenvalue weighted by molar-refractivity contribution is -0.148. The van der Waals surface area contributed by atoms with E-state index in [-0.39, 0.29) is 73.0 Å². The van der Waals surface area contributed by atoms with Crippen LogP contribution >= 0.6 is 11.8 Å². The van der Waals surface area contributed by atoms with Crippen molar-refractivity contribution in [3.05, 3.63) is 35.9 Å². The fourth-order valence-corrected chi connectivity index (χ4v) is 8.92. The van der Waals surface area contributed by atoms with Crippen LogP contribution in [0.25, 0.3) is 0 Å². The molecule has 2 amide bonds. The smallest absolute Gasteiger partial charge is 0.307 e. The second-order valence-corrected chi connectivity index (χ2v) is 16.8. The van der Waals surface area contributed by atoms with E-state index in [9.17, 15) is 29.1 Å². The third-order valence-electron chi connectivity index (χ3n) is 11.5. The summed E-state index contributed by atoms with van der Waals surface area (Å²) in [5, 5.41) is 9.95. The van der Waals surface area contributed by atoms with Crippen molar-refractivity contribution in [1.82, 2.24) is 14.7 Å². The monoisotopic (exact) mass is 775 g/mol. The van der Waals surface area contributed by atoms with Gasteiger partial charge in [-0.3, -0.25) is 28.9 Å². The molecule has 0 spiro atoms. The number of methoxy groups -OCH3 is 2. The van der Waals surface area contributed by atoms with E-state index in [1.165, 1.54) is 7.11 Å². The molecule has 306 valence electrons. The van der Waals surface area contributed by atoms with E-state index in [1.807, 2.05) is 69.4 Å². The SMILES string of the molecule is CC[C@H](C)[C@@H]([C@@H](CC(=O)N1CCC[C@H]1[C@H](OC)[C@@H](C)C(=O)C[C@@H](Cc1ccccc1)C(=O)O)OC)N(C)C(=O)[C@H](CCSC)CC(=O)[C@H](C(C)C)N(C)C. The number of hydrogen-bond donors (Lipinski definition) is 1. The molecule has 2 rings (SSSR count). The number of likely N-dealkylation sites (tertiary alicyclic amines) is 1. The summed E-state index contributed by atoms with van der Waals surface area (Å²) in [6.45, 7) is 10.4. The Kier molecular flexibility index (Phi) is 20.4. The highest BCUT2D eigenvalue weighted by molar-refractivity contribution is 7.98. The maximum atomic E-state index is 14.3. The van der Waals surface area contributed by atoms with Crippen molar-refractivity contribution in [2.24, 2.45) is 29.6 Å². The van der Waals surface area contributed by atoms with Crippen molar-refractivity contribution in [2.45, 2.75) is 116 Å². The van der Waals surface area contributed by atoms with Crippen LogP contribution in [0.15, 0.2) is 30.3 Å². The molecule has 0 aromatic heterocycles. The van der Waals surface area contributed by atoms with Gasteiger partial charge in [0.1, 0.15) is 5.78 Å². The molecule has 9 atom stereocenters. The van der Waals surface area contributed by atoms with Crippen LogP contribution in [0.3, 0.4) is 0 Å². The van der Waals surface area contributed by atoms with Crippen LogP contribution in [0.1, 0.15) is 85.1 Å². The van der Waals surface area contributed by atoms with Gasteiger partial charge in [-0.1, -0.05) is 71.4 Å². The number of thioether (sulfide) groups is 1. The molecule has 1 N–H and O–H groups in total. The van der Waals surface area contributed by atoms with Gasteiger partial charge >= 0.3 is 5.97 Å². The summed E-state index contributed by atoms with van der Waals surface area (Å²) < 4.78 is 12.0. The lowest BCUT2D eigenvalue weighted by Crippen LogP contribution is -2.54. The topological polar surface area (TPSA) is 134 Å². The Balaban J connectivity index is 2.28. The maximum Gasteiger partial charge on any atom is 0.307 e. The molecule has 0 aliphatic carbocycles. The van der Waals surface area contributed by atoms with Crippen molar-refractivity contribution >= 4 is 41.1 Å². The fourth-order valence-electron chi connectivity index (χ4n) is 8.39. The van der Waals surface area contributed by atoms with E-state index in [0.717, 1.165) is 24.2 Å². The maximum absolute atomic E-state index is 14.3. The van der Waals surface area contributed by atoms with Crippen molar-refractivity contribution in [1.29, 1.82) is 0 Å². The number of carbonyl (C=O) groups excluding carboxylic acids is 4. The summed E-state index contributed by atoms with van der Waals surface area (Å²) in [6, 6.07) is 8.20. The van der Waals surface area contributed by atoms with Gasteiger partial charge in [0.25, 0.3) is 0 Å². The molecule has 1 aromatic carbocycles. The summed E-state index contributed by atoms with van der Waals surface area (Å²) in [5.74, 6) is -2.60. The molecule has 12 heteroatoms. The quantitative estimate of drug-likeness (QED) is 0.131. The molecule has 1 aliphatic heterocycles. The average Bonchev–Trinajstić information content (AvgIpc) is 3.62. The summed E-state index contributed by atoms with van der Waals surface area (Å²) in [6.07, 6.45) is 3.77. The van der Waals surface area contributed by atoms with Crippen LogP contribution in [-0.4, -0.2) is 133 Å². The van der Waals surface area contributed by atoms with Gasteiger partial charge in [0.2, 0.25) is 11.8 Å². The molecule has 1 heterocycles. The minimum atomic E-state index is -1.02. The van der Waals surface area contributed by atoms with Gasteiger partial charge in [0.15, 0.2) is 5.78 Å². The molecule has 1 fully saturated rings. The highest BCUT2D eigenvalue weighted by Gasteiger charge is 2.43. The number of carbonyl (C=O) groups is 5. The van der Waals surface area contributed by atoms with Crippen LogP contribution in [0.2, 0.25) is 0 Å². The Hall–Kier alpha value is -2.80. The van der Waals surface area contributed by atoms with E-state index in [0.29, 0.717) is 19.4 Å². The Morgan fingerprint density at radius 1 is 0.926 bits per heavy atom. The molecule has 0 bridgehead atoms. The van der Waals surface area contributed by atoms with E-state index >= 15 is 0 Å². The highest BCUT2D eigenvalue weighted by atomic mass is 32.2. The molecule has 1 aliphatic rings. The average molecular weight is 776 g/mol.